The van der Waals surface area contributed by atoms with Gasteiger partial charge in [0.15, 0.2) is 11.5 Å². The summed E-state index contributed by atoms with van der Waals surface area (Å²) in [4.78, 5) is 32.6. The molecular formula is C28H32BrN3O4S. The lowest BCUT2D eigenvalue weighted by molar-refractivity contribution is -0.132. The van der Waals surface area contributed by atoms with Crippen LogP contribution in [0.5, 0.6) is 11.5 Å². The minimum Gasteiger partial charge on any atom is -0.493 e. The number of carbonyl (C=O) groups excluding carboxylic acids is 2. The summed E-state index contributed by atoms with van der Waals surface area (Å²) in [5.41, 5.74) is 1.74. The van der Waals surface area contributed by atoms with E-state index >= 15 is 0 Å². The van der Waals surface area contributed by atoms with Crippen LogP contribution in [0.1, 0.15) is 28.2 Å². The van der Waals surface area contributed by atoms with Crippen molar-refractivity contribution in [2.75, 3.05) is 32.6 Å². The van der Waals surface area contributed by atoms with Crippen molar-refractivity contribution in [1.29, 1.82) is 0 Å². The molecular weight excluding hydrogens is 554 g/mol. The normalized spacial score (nSPS) is 12.6. The van der Waals surface area contributed by atoms with Crippen molar-refractivity contribution in [3.05, 3.63) is 74.4 Å². The number of hydrogen-bond donors (Lipinski definition) is 1. The number of halogens is 1. The molecule has 3 amide bonds. The number of nitrogens with zero attached hydrogens (tertiary/aromatic N) is 2. The third-order valence-electron chi connectivity index (χ3n) is 6.24. The molecule has 1 saturated carbocycles. The van der Waals surface area contributed by atoms with Crippen molar-refractivity contribution in [3.8, 4) is 11.5 Å². The fourth-order valence-electron chi connectivity index (χ4n) is 4.11. The molecule has 1 heterocycles. The van der Waals surface area contributed by atoms with Crippen LogP contribution in [0.2, 0.25) is 0 Å². The maximum Gasteiger partial charge on any atom is 0.322 e. The van der Waals surface area contributed by atoms with Gasteiger partial charge >= 0.3 is 6.03 Å². The van der Waals surface area contributed by atoms with Crippen LogP contribution in [0, 0.1) is 6.92 Å². The molecule has 1 aliphatic carbocycles. The first-order valence-electron chi connectivity index (χ1n) is 12.2. The summed E-state index contributed by atoms with van der Waals surface area (Å²) in [6.45, 7) is 3.14. The molecule has 196 valence electrons. The third-order valence-corrected chi connectivity index (χ3v) is 7.72. The number of ether oxygens (including phenoxy) is 2. The molecule has 0 radical (unpaired) electrons. The molecule has 9 heteroatoms. The standard InChI is InChI=1S/C28H32BrN3O4S/c1-19-7-11-24(37-19)17-31(14-13-20-8-12-25(35-2)26(15-20)36-3)27(33)18-32(23-9-10-23)28(34)30-22-6-4-5-21(29)16-22/h4-8,11-12,15-16,23H,9-10,13-14,17-18H2,1-3H3,(H,30,34). The van der Waals surface area contributed by atoms with Crippen LogP contribution in [0.3, 0.4) is 0 Å². The van der Waals surface area contributed by atoms with Crippen LogP contribution < -0.4 is 14.8 Å². The molecule has 1 fully saturated rings. The number of amides is 3. The van der Waals surface area contributed by atoms with Crippen molar-refractivity contribution in [2.45, 2.75) is 38.8 Å². The number of anilines is 1. The Bertz CT molecular complexity index is 1240. The topological polar surface area (TPSA) is 71.1 Å². The molecule has 0 atom stereocenters. The zero-order valence-corrected chi connectivity index (χ0v) is 23.7. The number of benzene rings is 2. The molecule has 0 saturated heterocycles. The van der Waals surface area contributed by atoms with Gasteiger partial charge in [-0.25, -0.2) is 4.79 Å². The highest BCUT2D eigenvalue weighted by Gasteiger charge is 2.35. The second kappa shape index (κ2) is 12.5. The van der Waals surface area contributed by atoms with Crippen molar-refractivity contribution >= 4 is 44.9 Å². The second-order valence-corrected chi connectivity index (χ2v) is 11.4. The van der Waals surface area contributed by atoms with E-state index in [9.17, 15) is 9.59 Å². The maximum atomic E-state index is 13.6. The Morgan fingerprint density at radius 2 is 1.84 bits per heavy atom. The largest absolute Gasteiger partial charge is 0.493 e. The van der Waals surface area contributed by atoms with Gasteiger partial charge in [-0.15, -0.1) is 11.3 Å². The fraction of sp³-hybridized carbons (Fsp3) is 0.357. The molecule has 1 aromatic heterocycles. The van der Waals surface area contributed by atoms with Crippen molar-refractivity contribution in [1.82, 2.24) is 9.80 Å². The Morgan fingerprint density at radius 3 is 2.49 bits per heavy atom. The van der Waals surface area contributed by atoms with E-state index in [1.807, 2.05) is 47.4 Å². The van der Waals surface area contributed by atoms with Gasteiger partial charge in [-0.05, 0) is 74.2 Å². The quantitative estimate of drug-likeness (QED) is 0.295. The van der Waals surface area contributed by atoms with Gasteiger partial charge in [0.25, 0.3) is 0 Å². The SMILES string of the molecule is COc1ccc(CCN(Cc2ccc(C)s2)C(=O)CN(C(=O)Nc2cccc(Br)c2)C2CC2)cc1OC. The first kappa shape index (κ1) is 27.0. The molecule has 4 rings (SSSR count). The molecule has 1 N–H and O–H groups in total. The van der Waals surface area contributed by atoms with Gasteiger partial charge in [-0.2, -0.15) is 0 Å². The first-order valence-corrected chi connectivity index (χ1v) is 13.8. The van der Waals surface area contributed by atoms with Gasteiger partial charge in [0.1, 0.15) is 6.54 Å². The average molecular weight is 587 g/mol. The number of carbonyl (C=O) groups is 2. The Balaban J connectivity index is 1.47. The van der Waals surface area contributed by atoms with Crippen LogP contribution >= 0.6 is 27.3 Å². The van der Waals surface area contributed by atoms with E-state index in [-0.39, 0.29) is 24.5 Å². The zero-order valence-electron chi connectivity index (χ0n) is 21.3. The Morgan fingerprint density at radius 1 is 1.05 bits per heavy atom. The highest BCUT2D eigenvalue weighted by molar-refractivity contribution is 9.10. The number of methoxy groups -OCH3 is 2. The molecule has 37 heavy (non-hydrogen) atoms. The monoisotopic (exact) mass is 585 g/mol. The lowest BCUT2D eigenvalue weighted by Crippen LogP contribution is -2.45. The summed E-state index contributed by atoms with van der Waals surface area (Å²) in [5, 5.41) is 2.95. The fourth-order valence-corrected chi connectivity index (χ4v) is 5.42. The van der Waals surface area contributed by atoms with E-state index in [0.29, 0.717) is 36.7 Å². The third kappa shape index (κ3) is 7.49. The van der Waals surface area contributed by atoms with Crippen molar-refractivity contribution in [2.24, 2.45) is 0 Å². The number of rotatable bonds is 11. The minimum atomic E-state index is -0.249. The van der Waals surface area contributed by atoms with Crippen LogP contribution in [-0.2, 0) is 17.8 Å². The van der Waals surface area contributed by atoms with Crippen molar-refractivity contribution in [3.63, 3.8) is 0 Å². The predicted octanol–water partition coefficient (Wildman–Crippen LogP) is 6.10. The van der Waals surface area contributed by atoms with Gasteiger partial charge in [0.2, 0.25) is 5.91 Å². The van der Waals surface area contributed by atoms with Gasteiger partial charge in [-0.1, -0.05) is 28.1 Å². The molecule has 1 aliphatic rings. The number of thiophene rings is 1. The predicted molar refractivity (Wildman–Crippen MR) is 151 cm³/mol. The van der Waals surface area contributed by atoms with Crippen molar-refractivity contribution < 1.29 is 19.1 Å². The molecule has 3 aromatic rings. The van der Waals surface area contributed by atoms with Crippen LogP contribution in [0.4, 0.5) is 10.5 Å². The van der Waals surface area contributed by atoms with Crippen LogP contribution in [0.25, 0.3) is 0 Å². The molecule has 2 aromatic carbocycles. The highest BCUT2D eigenvalue weighted by atomic mass is 79.9. The number of aryl methyl sites for hydroxylation is 1. The molecule has 0 unspecified atom stereocenters. The lowest BCUT2D eigenvalue weighted by Gasteiger charge is -2.28. The van der Waals surface area contributed by atoms with Crippen LogP contribution in [0.15, 0.2) is 59.1 Å². The summed E-state index contributed by atoms with van der Waals surface area (Å²) in [6, 6.07) is 17.2. The van der Waals surface area contributed by atoms with Crippen LogP contribution in [-0.4, -0.2) is 55.1 Å². The van der Waals surface area contributed by atoms with E-state index in [1.54, 1.807) is 30.5 Å². The molecule has 0 aliphatic heterocycles. The van der Waals surface area contributed by atoms with Gasteiger partial charge in [-0.3, -0.25) is 4.79 Å². The Hall–Kier alpha value is -3.04. The smallest absolute Gasteiger partial charge is 0.322 e. The first-order chi connectivity index (χ1) is 17.9. The zero-order chi connectivity index (χ0) is 26.4. The van der Waals surface area contributed by atoms with Gasteiger partial charge in [0, 0.05) is 32.5 Å². The second-order valence-electron chi connectivity index (χ2n) is 9.07. The highest BCUT2D eigenvalue weighted by Crippen LogP contribution is 2.29. The van der Waals surface area contributed by atoms with E-state index in [1.165, 1.54) is 4.88 Å². The Labute approximate surface area is 230 Å². The molecule has 0 spiro atoms. The lowest BCUT2D eigenvalue weighted by atomic mass is 10.1. The number of urea groups is 1. The number of nitrogens with one attached hydrogen (secondary N) is 1. The van der Waals surface area contributed by atoms with E-state index in [2.05, 4.69) is 40.3 Å². The number of hydrogen-bond acceptors (Lipinski definition) is 5. The summed E-state index contributed by atoms with van der Waals surface area (Å²) in [7, 11) is 3.22. The summed E-state index contributed by atoms with van der Waals surface area (Å²) in [5.74, 6) is 1.27. The van der Waals surface area contributed by atoms with Gasteiger partial charge in [0.05, 0.1) is 20.8 Å². The summed E-state index contributed by atoms with van der Waals surface area (Å²) >= 11 is 5.12. The Kier molecular flexibility index (Phi) is 9.10. The molecule has 7 nitrogen and oxygen atoms in total. The average Bonchev–Trinajstić information content (AvgIpc) is 3.65. The molecule has 0 bridgehead atoms. The van der Waals surface area contributed by atoms with E-state index < -0.39 is 0 Å². The maximum absolute atomic E-state index is 13.6. The van der Waals surface area contributed by atoms with E-state index in [0.717, 1.165) is 27.8 Å². The summed E-state index contributed by atoms with van der Waals surface area (Å²) in [6.07, 6.45) is 2.48. The summed E-state index contributed by atoms with van der Waals surface area (Å²) < 4.78 is 11.7. The van der Waals surface area contributed by atoms with E-state index in [4.69, 9.17) is 9.47 Å². The minimum absolute atomic E-state index is 0.0425. The van der Waals surface area contributed by atoms with Gasteiger partial charge < -0.3 is 24.6 Å².